The summed E-state index contributed by atoms with van der Waals surface area (Å²) in [5.41, 5.74) is 1.28. The van der Waals surface area contributed by atoms with Crippen LogP contribution in [0.1, 0.15) is 25.3 Å². The van der Waals surface area contributed by atoms with Crippen LogP contribution >= 0.6 is 0 Å². The van der Waals surface area contributed by atoms with Gasteiger partial charge in [-0.2, -0.15) is 0 Å². The number of hydrogen-bond acceptors (Lipinski definition) is 4. The highest BCUT2D eigenvalue weighted by atomic mass is 16.5. The highest BCUT2D eigenvalue weighted by Crippen LogP contribution is 2.17. The van der Waals surface area contributed by atoms with Gasteiger partial charge in [0.15, 0.2) is 0 Å². The summed E-state index contributed by atoms with van der Waals surface area (Å²) in [5.74, 6) is 1.22. The third-order valence-electron chi connectivity index (χ3n) is 5.19. The van der Waals surface area contributed by atoms with Crippen molar-refractivity contribution < 1.29 is 9.53 Å². The molecule has 2 heterocycles. The quantitative estimate of drug-likeness (QED) is 0.825. The van der Waals surface area contributed by atoms with Crippen molar-refractivity contribution in [3.05, 3.63) is 29.8 Å². The molecule has 5 nitrogen and oxygen atoms in total. The van der Waals surface area contributed by atoms with E-state index in [9.17, 15) is 4.79 Å². The van der Waals surface area contributed by atoms with Crippen molar-refractivity contribution in [3.63, 3.8) is 0 Å². The first kappa shape index (κ1) is 17.2. The van der Waals surface area contributed by atoms with Crippen molar-refractivity contribution in [1.82, 2.24) is 14.7 Å². The minimum absolute atomic E-state index is 0.306. The molecule has 1 aromatic rings. The van der Waals surface area contributed by atoms with Crippen LogP contribution < -0.4 is 4.74 Å². The maximum Gasteiger partial charge on any atom is 0.236 e. The number of amides is 1. The largest absolute Gasteiger partial charge is 0.497 e. The average Bonchev–Trinajstić information content (AvgIpc) is 3.12. The zero-order valence-corrected chi connectivity index (χ0v) is 14.9. The number of hydrogen-bond donors (Lipinski definition) is 0. The van der Waals surface area contributed by atoms with Gasteiger partial charge in [-0.05, 0) is 37.5 Å². The van der Waals surface area contributed by atoms with E-state index < -0.39 is 0 Å². The Bertz CT molecular complexity index is 557. The van der Waals surface area contributed by atoms with E-state index in [-0.39, 0.29) is 0 Å². The Labute approximate surface area is 145 Å². The SMILES string of the molecule is COc1cccc(CN2CCN(CC(=O)N3CCCC3)[C@@H](C)C2)c1. The van der Waals surface area contributed by atoms with Gasteiger partial charge in [0.1, 0.15) is 5.75 Å². The molecule has 2 saturated heterocycles. The Balaban J connectivity index is 1.50. The topological polar surface area (TPSA) is 36.0 Å². The molecule has 0 unspecified atom stereocenters. The van der Waals surface area contributed by atoms with Crippen LogP contribution in [-0.4, -0.2) is 73.0 Å². The van der Waals surface area contributed by atoms with Gasteiger partial charge in [0.2, 0.25) is 5.91 Å². The van der Waals surface area contributed by atoms with Gasteiger partial charge < -0.3 is 9.64 Å². The van der Waals surface area contributed by atoms with Gasteiger partial charge in [-0.15, -0.1) is 0 Å². The van der Waals surface area contributed by atoms with E-state index in [0.29, 0.717) is 18.5 Å². The summed E-state index contributed by atoms with van der Waals surface area (Å²) in [5, 5.41) is 0. The van der Waals surface area contributed by atoms with Gasteiger partial charge in [-0.25, -0.2) is 0 Å². The highest BCUT2D eigenvalue weighted by molar-refractivity contribution is 5.78. The predicted molar refractivity (Wildman–Crippen MR) is 95.1 cm³/mol. The zero-order chi connectivity index (χ0) is 16.9. The molecule has 24 heavy (non-hydrogen) atoms. The standard InChI is InChI=1S/C19H29N3O2/c1-16-13-20(14-17-6-5-7-18(12-17)24-2)10-11-22(16)15-19(23)21-8-3-4-9-21/h5-7,12,16H,3-4,8-11,13-15H2,1-2H3/t16-/m0/s1. The van der Waals surface area contributed by atoms with Crippen LogP contribution in [0.4, 0.5) is 0 Å². The van der Waals surface area contributed by atoms with Crippen molar-refractivity contribution in [3.8, 4) is 5.75 Å². The first-order valence-corrected chi connectivity index (χ1v) is 9.03. The molecule has 2 aliphatic rings. The molecule has 2 fully saturated rings. The summed E-state index contributed by atoms with van der Waals surface area (Å²) >= 11 is 0. The molecule has 0 spiro atoms. The molecule has 0 bridgehead atoms. The molecule has 1 aromatic carbocycles. The summed E-state index contributed by atoms with van der Waals surface area (Å²) in [4.78, 5) is 19.2. The Hall–Kier alpha value is -1.59. The summed E-state index contributed by atoms with van der Waals surface area (Å²) in [6.07, 6.45) is 2.32. The lowest BCUT2D eigenvalue weighted by Crippen LogP contribution is -2.54. The van der Waals surface area contributed by atoms with Crippen LogP contribution in [-0.2, 0) is 11.3 Å². The number of ether oxygens (including phenoxy) is 1. The maximum absolute atomic E-state index is 12.4. The van der Waals surface area contributed by atoms with Gasteiger partial charge >= 0.3 is 0 Å². The Morgan fingerprint density at radius 1 is 1.21 bits per heavy atom. The predicted octanol–water partition coefficient (Wildman–Crippen LogP) is 1.82. The van der Waals surface area contributed by atoms with Gasteiger partial charge in [0.25, 0.3) is 0 Å². The number of piperazine rings is 1. The van der Waals surface area contributed by atoms with Crippen LogP contribution in [0.3, 0.4) is 0 Å². The van der Waals surface area contributed by atoms with Gasteiger partial charge in [0, 0.05) is 45.3 Å². The van der Waals surface area contributed by atoms with Crippen molar-refractivity contribution in [2.24, 2.45) is 0 Å². The lowest BCUT2D eigenvalue weighted by atomic mass is 10.1. The fourth-order valence-electron chi connectivity index (χ4n) is 3.72. The number of nitrogens with zero attached hydrogens (tertiary/aromatic N) is 3. The number of carbonyl (C=O) groups excluding carboxylic acids is 1. The number of carbonyl (C=O) groups is 1. The highest BCUT2D eigenvalue weighted by Gasteiger charge is 2.27. The summed E-state index contributed by atoms with van der Waals surface area (Å²) in [7, 11) is 1.71. The number of rotatable bonds is 5. The van der Waals surface area contributed by atoms with Crippen LogP contribution in [0.25, 0.3) is 0 Å². The molecule has 1 atom stereocenters. The molecule has 2 aliphatic heterocycles. The Kier molecular flexibility index (Phi) is 5.74. The van der Waals surface area contributed by atoms with Gasteiger partial charge in [0.05, 0.1) is 13.7 Å². The molecule has 3 rings (SSSR count). The molecule has 0 aliphatic carbocycles. The summed E-state index contributed by atoms with van der Waals surface area (Å²) in [6.45, 7) is 8.62. The molecule has 1 amide bonds. The van der Waals surface area contributed by atoms with E-state index in [2.05, 4.69) is 28.9 Å². The minimum atomic E-state index is 0.306. The number of benzene rings is 1. The van der Waals surface area contributed by atoms with E-state index in [1.807, 2.05) is 17.0 Å². The van der Waals surface area contributed by atoms with Crippen molar-refractivity contribution in [2.75, 3.05) is 46.4 Å². The van der Waals surface area contributed by atoms with E-state index in [4.69, 9.17) is 4.74 Å². The van der Waals surface area contributed by atoms with E-state index >= 15 is 0 Å². The normalized spacial score (nSPS) is 22.8. The van der Waals surface area contributed by atoms with Crippen molar-refractivity contribution in [1.29, 1.82) is 0 Å². The third-order valence-corrected chi connectivity index (χ3v) is 5.19. The molecule has 0 aromatic heterocycles. The summed E-state index contributed by atoms with van der Waals surface area (Å²) < 4.78 is 5.31. The third kappa shape index (κ3) is 4.28. The maximum atomic E-state index is 12.4. The van der Waals surface area contributed by atoms with E-state index in [1.165, 1.54) is 5.56 Å². The minimum Gasteiger partial charge on any atom is -0.497 e. The first-order chi connectivity index (χ1) is 11.7. The van der Waals surface area contributed by atoms with Crippen LogP contribution in [0.15, 0.2) is 24.3 Å². The van der Waals surface area contributed by atoms with Gasteiger partial charge in [-0.3, -0.25) is 14.6 Å². The fourth-order valence-corrected chi connectivity index (χ4v) is 3.72. The molecule has 132 valence electrons. The Morgan fingerprint density at radius 3 is 2.71 bits per heavy atom. The average molecular weight is 331 g/mol. The molecular formula is C19H29N3O2. The number of methoxy groups -OCH3 is 1. The Morgan fingerprint density at radius 2 is 2.00 bits per heavy atom. The molecular weight excluding hydrogens is 302 g/mol. The molecule has 0 saturated carbocycles. The lowest BCUT2D eigenvalue weighted by molar-refractivity contribution is -0.132. The van der Waals surface area contributed by atoms with Crippen molar-refractivity contribution in [2.45, 2.75) is 32.4 Å². The second-order valence-electron chi connectivity index (χ2n) is 6.99. The molecule has 0 N–H and O–H groups in total. The van der Waals surface area contributed by atoms with Crippen LogP contribution in [0.5, 0.6) is 5.75 Å². The van der Waals surface area contributed by atoms with E-state index in [0.717, 1.165) is 57.9 Å². The monoisotopic (exact) mass is 331 g/mol. The fraction of sp³-hybridized carbons (Fsp3) is 0.632. The van der Waals surface area contributed by atoms with E-state index in [1.54, 1.807) is 7.11 Å². The molecule has 0 radical (unpaired) electrons. The smallest absolute Gasteiger partial charge is 0.236 e. The number of likely N-dealkylation sites (tertiary alicyclic amines) is 1. The van der Waals surface area contributed by atoms with Gasteiger partial charge in [-0.1, -0.05) is 12.1 Å². The van der Waals surface area contributed by atoms with Crippen LogP contribution in [0, 0.1) is 0 Å². The second kappa shape index (κ2) is 7.99. The second-order valence-corrected chi connectivity index (χ2v) is 6.99. The molecule has 5 heteroatoms. The first-order valence-electron chi connectivity index (χ1n) is 9.03. The van der Waals surface area contributed by atoms with Crippen LogP contribution in [0.2, 0.25) is 0 Å². The lowest BCUT2D eigenvalue weighted by Gasteiger charge is -2.40. The van der Waals surface area contributed by atoms with Crippen molar-refractivity contribution >= 4 is 5.91 Å². The summed E-state index contributed by atoms with van der Waals surface area (Å²) in [6, 6.07) is 8.69. The zero-order valence-electron chi connectivity index (χ0n) is 14.9.